The van der Waals surface area contributed by atoms with E-state index in [1.807, 2.05) is 10.8 Å². The molecule has 0 saturated carbocycles. The van der Waals surface area contributed by atoms with E-state index in [9.17, 15) is 36.0 Å². The van der Waals surface area contributed by atoms with Crippen molar-refractivity contribution >= 4 is 67.1 Å². The van der Waals surface area contributed by atoms with Crippen LogP contribution in [-0.2, 0) is 45.0 Å². The highest BCUT2D eigenvalue weighted by Crippen LogP contribution is 2.40. The molecule has 0 bridgehead atoms. The van der Waals surface area contributed by atoms with Gasteiger partial charge in [0.15, 0.2) is 0 Å². The minimum absolute atomic E-state index is 0.0838. The summed E-state index contributed by atoms with van der Waals surface area (Å²) in [4.78, 5) is 53.5. The van der Waals surface area contributed by atoms with Crippen molar-refractivity contribution in [2.24, 2.45) is 0 Å². The first-order chi connectivity index (χ1) is 26.0. The van der Waals surface area contributed by atoms with Crippen LogP contribution in [0.15, 0.2) is 60.0 Å². The number of piperidine rings is 1. The summed E-state index contributed by atoms with van der Waals surface area (Å²) in [6.07, 6.45) is -1.69. The van der Waals surface area contributed by atoms with E-state index in [0.717, 1.165) is 18.4 Å². The molecule has 2 heterocycles. The van der Waals surface area contributed by atoms with E-state index in [0.29, 0.717) is 31.6 Å². The van der Waals surface area contributed by atoms with Crippen LogP contribution in [0.1, 0.15) is 65.5 Å². The van der Waals surface area contributed by atoms with E-state index in [4.69, 9.17) is 14.2 Å². The smallest absolute Gasteiger partial charge is 0.422 e. The van der Waals surface area contributed by atoms with Gasteiger partial charge < -0.3 is 14.2 Å². The van der Waals surface area contributed by atoms with Gasteiger partial charge in [0.25, 0.3) is 0 Å². The van der Waals surface area contributed by atoms with Crippen molar-refractivity contribution in [1.82, 2.24) is 14.3 Å². The van der Waals surface area contributed by atoms with E-state index in [1.165, 1.54) is 14.6 Å². The van der Waals surface area contributed by atoms with Crippen LogP contribution in [0.5, 0.6) is 0 Å². The third-order valence-corrected chi connectivity index (χ3v) is 12.6. The number of anilines is 2. The van der Waals surface area contributed by atoms with Crippen molar-refractivity contribution in [3.8, 4) is 10.4 Å². The second kappa shape index (κ2) is 17.6. The van der Waals surface area contributed by atoms with Gasteiger partial charge in [-0.05, 0) is 90.1 Å². The highest BCUT2D eigenvalue weighted by molar-refractivity contribution is 7.91. The molecule has 19 heteroatoms. The lowest BCUT2D eigenvalue weighted by Crippen LogP contribution is -2.53. The zero-order chi connectivity index (χ0) is 41.6. The highest BCUT2D eigenvalue weighted by Gasteiger charge is 2.36. The third kappa shape index (κ3) is 11.9. The molecule has 1 aliphatic rings. The first kappa shape index (κ1) is 44.0. The number of thiophene rings is 1. The van der Waals surface area contributed by atoms with E-state index in [2.05, 4.69) is 5.32 Å². The van der Waals surface area contributed by atoms with Crippen LogP contribution in [-0.4, -0.2) is 89.3 Å². The number of hydrogen-bond donors (Lipinski definition) is 2. The van der Waals surface area contributed by atoms with Gasteiger partial charge in [-0.25, -0.2) is 41.5 Å². The number of sulfonamides is 1. The summed E-state index contributed by atoms with van der Waals surface area (Å²) < 4.78 is 72.8. The molecule has 0 unspecified atom stereocenters. The molecule has 16 nitrogen and oxygen atoms in total. The first-order valence-electron chi connectivity index (χ1n) is 17.6. The van der Waals surface area contributed by atoms with Crippen molar-refractivity contribution in [1.29, 1.82) is 0 Å². The Kier molecular flexibility index (Phi) is 13.8. The fourth-order valence-electron chi connectivity index (χ4n) is 5.88. The lowest BCUT2D eigenvalue weighted by atomic mass is 10.0. The summed E-state index contributed by atoms with van der Waals surface area (Å²) in [6.45, 7) is 10.8. The predicted octanol–water partition coefficient (Wildman–Crippen LogP) is 5.92. The van der Waals surface area contributed by atoms with Gasteiger partial charge in [-0.15, -0.1) is 11.3 Å². The van der Waals surface area contributed by atoms with Crippen LogP contribution in [0, 0.1) is 6.92 Å². The maximum Gasteiger partial charge on any atom is 0.422 e. The number of methoxy groups -OCH3 is 1. The number of esters is 1. The summed E-state index contributed by atoms with van der Waals surface area (Å²) >= 11 is 1.15. The van der Waals surface area contributed by atoms with Crippen molar-refractivity contribution < 1.29 is 50.2 Å². The summed E-state index contributed by atoms with van der Waals surface area (Å²) in [6, 6.07) is 14.3. The average molecular weight is 836 g/mol. The molecule has 3 aromatic rings. The number of nitrogens with zero attached hydrogens (tertiary/aromatic N) is 3. The number of benzene rings is 2. The van der Waals surface area contributed by atoms with Gasteiger partial charge in [-0.1, -0.05) is 42.5 Å². The molecule has 0 atom stereocenters. The molecule has 4 amide bonds. The Bertz CT molecular complexity index is 2120. The Morgan fingerprint density at radius 3 is 2.07 bits per heavy atom. The fourth-order valence-corrected chi connectivity index (χ4v) is 9.67. The molecule has 2 aromatic carbocycles. The number of imide groups is 1. The Hall–Kier alpha value is -4.72. The van der Waals surface area contributed by atoms with Crippen molar-refractivity contribution in [3.63, 3.8) is 0 Å². The average Bonchev–Trinajstić information content (AvgIpc) is 3.46. The van der Waals surface area contributed by atoms with E-state index in [-0.39, 0.29) is 37.4 Å². The molecule has 0 radical (unpaired) electrons. The monoisotopic (exact) mass is 835 g/mol. The second-order valence-corrected chi connectivity index (χ2v) is 19.4. The van der Waals surface area contributed by atoms with Crippen LogP contribution in [0.2, 0.25) is 0 Å². The zero-order valence-electron chi connectivity index (χ0n) is 32.7. The molecule has 2 N–H and O–H groups in total. The van der Waals surface area contributed by atoms with E-state index >= 15 is 0 Å². The molecule has 0 spiro atoms. The number of carbonyl (C=O) groups is 4. The van der Waals surface area contributed by atoms with Gasteiger partial charge in [0.2, 0.25) is 10.0 Å². The van der Waals surface area contributed by atoms with Gasteiger partial charge in [-0.2, -0.15) is 8.42 Å². The lowest BCUT2D eigenvalue weighted by Gasteiger charge is -2.38. The van der Waals surface area contributed by atoms with Crippen LogP contribution in [0.3, 0.4) is 0 Å². The van der Waals surface area contributed by atoms with Gasteiger partial charge in [0.05, 0.1) is 18.6 Å². The summed E-state index contributed by atoms with van der Waals surface area (Å²) in [7, 11) is -7.25. The topological polar surface area (TPSA) is 198 Å². The van der Waals surface area contributed by atoms with Crippen molar-refractivity contribution in [2.75, 3.05) is 35.9 Å². The van der Waals surface area contributed by atoms with Gasteiger partial charge in [-0.3, -0.25) is 9.69 Å². The minimum Gasteiger partial charge on any atom is -0.468 e. The molecule has 4 rings (SSSR count). The number of amides is 4. The largest absolute Gasteiger partial charge is 0.468 e. The molecule has 1 saturated heterocycles. The number of urea groups is 1. The number of carbonyl (C=O) groups excluding carboxylic acids is 4. The first-order valence-corrected chi connectivity index (χ1v) is 21.6. The molecule has 1 aliphatic heterocycles. The maximum atomic E-state index is 13.9. The Labute approximate surface area is 332 Å². The number of nitrogens with one attached hydrogen (secondary N) is 2. The molecule has 0 aliphatic carbocycles. The Morgan fingerprint density at radius 1 is 0.875 bits per heavy atom. The predicted molar refractivity (Wildman–Crippen MR) is 213 cm³/mol. The summed E-state index contributed by atoms with van der Waals surface area (Å²) in [5, 5.41) is 3.81. The number of ether oxygens (including phenoxy) is 3. The van der Waals surface area contributed by atoms with E-state index in [1.54, 1.807) is 97.0 Å². The Balaban J connectivity index is 1.67. The molecule has 1 fully saturated rings. The second-order valence-electron chi connectivity index (χ2n) is 15.0. The van der Waals surface area contributed by atoms with Crippen molar-refractivity contribution in [2.45, 2.75) is 84.3 Å². The summed E-state index contributed by atoms with van der Waals surface area (Å²) in [5.41, 5.74) is 0.200. The van der Waals surface area contributed by atoms with Gasteiger partial charge >= 0.3 is 34.4 Å². The summed E-state index contributed by atoms with van der Waals surface area (Å²) in [5.74, 6) is -1.06. The Morgan fingerprint density at radius 2 is 1.48 bits per heavy atom. The zero-order valence-corrected chi connectivity index (χ0v) is 35.1. The standard InChI is InChI=1S/C37H49N5O11S3/c1-25-30(41(22-31(43)51-8)56(49,50)39-35(46)53-37(5,6)7)23-54-32(25)27-15-12-16-29(21-27)42(33(44)38-34(45)52-36(2,3)4)28-17-19-40(20-18-28)55(47,48)24-26-13-10-9-11-14-26/h9-16,21,23,28H,17-20,22,24H2,1-8H3,(H,39,46)(H,38,44,45). The molecular formula is C37H49N5O11S3. The molecular weight excluding hydrogens is 787 g/mol. The molecule has 306 valence electrons. The van der Waals surface area contributed by atoms with Crippen LogP contribution >= 0.6 is 11.3 Å². The van der Waals surface area contributed by atoms with Crippen LogP contribution in [0.4, 0.5) is 25.8 Å². The number of alkyl carbamates (subject to hydrolysis) is 1. The lowest BCUT2D eigenvalue weighted by molar-refractivity contribution is -0.138. The van der Waals surface area contributed by atoms with Crippen LogP contribution in [0.25, 0.3) is 10.4 Å². The van der Waals surface area contributed by atoms with Gasteiger partial charge in [0.1, 0.15) is 17.7 Å². The number of hydrogen-bond acceptors (Lipinski definition) is 12. The van der Waals surface area contributed by atoms with Gasteiger partial charge in [0, 0.05) is 35.1 Å². The van der Waals surface area contributed by atoms with E-state index < -0.39 is 68.2 Å². The molecule has 56 heavy (non-hydrogen) atoms. The SMILES string of the molecule is COC(=O)CN(c1csc(-c2cccc(N(C(=O)NC(=O)OC(C)(C)C)C3CCN(S(=O)(=O)Cc4ccccc4)CC3)c2)c1C)S(=O)(=O)NC(=O)OC(C)(C)C. The normalized spacial score (nSPS) is 14.4. The fraction of sp³-hybridized carbons (Fsp3) is 0.459. The number of rotatable bonds is 11. The quantitative estimate of drug-likeness (QED) is 0.172. The maximum absolute atomic E-state index is 13.9. The third-order valence-electron chi connectivity index (χ3n) is 8.27. The van der Waals surface area contributed by atoms with Crippen LogP contribution < -0.4 is 19.2 Å². The minimum atomic E-state index is -4.69. The molecule has 1 aromatic heterocycles. The highest BCUT2D eigenvalue weighted by atomic mass is 32.2. The van der Waals surface area contributed by atoms with Crippen molar-refractivity contribution in [3.05, 3.63) is 71.1 Å².